The maximum Gasteiger partial charge on any atom is 0.0596 e. The average Bonchev–Trinajstić information content (AvgIpc) is 2.98. The SMILES string of the molecule is Cc1cc(Cc2c(CCN(C)C)sc3ccccc23)n(C)n1. The Labute approximate surface area is 136 Å². The van der Waals surface area contributed by atoms with Gasteiger partial charge in [0.25, 0.3) is 0 Å². The van der Waals surface area contributed by atoms with Crippen LogP contribution in [0.25, 0.3) is 10.1 Å². The normalized spacial score (nSPS) is 11.7. The Morgan fingerprint density at radius 1 is 1.23 bits per heavy atom. The number of likely N-dealkylation sites (N-methyl/N-ethyl adjacent to an activating group) is 1. The van der Waals surface area contributed by atoms with Crippen molar-refractivity contribution in [3.63, 3.8) is 0 Å². The lowest BCUT2D eigenvalue weighted by molar-refractivity contribution is 0.414. The van der Waals surface area contributed by atoms with Gasteiger partial charge in [-0.25, -0.2) is 0 Å². The number of rotatable bonds is 5. The lowest BCUT2D eigenvalue weighted by Crippen LogP contribution is -2.15. The largest absolute Gasteiger partial charge is 0.309 e. The molecule has 0 atom stereocenters. The van der Waals surface area contributed by atoms with Crippen LogP contribution >= 0.6 is 11.3 Å². The van der Waals surface area contributed by atoms with E-state index in [-0.39, 0.29) is 0 Å². The van der Waals surface area contributed by atoms with E-state index >= 15 is 0 Å². The van der Waals surface area contributed by atoms with E-state index in [1.54, 1.807) is 0 Å². The van der Waals surface area contributed by atoms with Gasteiger partial charge in [-0.15, -0.1) is 11.3 Å². The van der Waals surface area contributed by atoms with Crippen LogP contribution in [-0.4, -0.2) is 35.3 Å². The Bertz CT molecular complexity index is 783. The number of thiophene rings is 1. The minimum absolute atomic E-state index is 0.962. The van der Waals surface area contributed by atoms with Crippen molar-refractivity contribution in [2.45, 2.75) is 19.8 Å². The lowest BCUT2D eigenvalue weighted by atomic mass is 10.0. The summed E-state index contributed by atoms with van der Waals surface area (Å²) in [6.07, 6.45) is 2.07. The van der Waals surface area contributed by atoms with Crippen LogP contribution in [0.5, 0.6) is 0 Å². The molecule has 22 heavy (non-hydrogen) atoms. The summed E-state index contributed by atoms with van der Waals surface area (Å²) in [5, 5.41) is 5.89. The topological polar surface area (TPSA) is 21.1 Å². The van der Waals surface area contributed by atoms with E-state index in [1.807, 2.05) is 23.1 Å². The van der Waals surface area contributed by atoms with Gasteiger partial charge in [-0.2, -0.15) is 5.10 Å². The second-order valence-electron chi connectivity index (χ2n) is 6.13. The van der Waals surface area contributed by atoms with Crippen molar-refractivity contribution in [3.8, 4) is 0 Å². The maximum atomic E-state index is 4.49. The number of aromatic nitrogens is 2. The van der Waals surface area contributed by atoms with Gasteiger partial charge in [0.2, 0.25) is 0 Å². The molecule has 2 aromatic heterocycles. The zero-order chi connectivity index (χ0) is 15.7. The molecule has 2 heterocycles. The maximum absolute atomic E-state index is 4.49. The van der Waals surface area contributed by atoms with Crippen molar-refractivity contribution < 1.29 is 0 Å². The van der Waals surface area contributed by atoms with Gasteiger partial charge in [0, 0.05) is 35.3 Å². The monoisotopic (exact) mass is 313 g/mol. The van der Waals surface area contributed by atoms with Crippen molar-refractivity contribution >= 4 is 21.4 Å². The fraction of sp³-hybridized carbons (Fsp3) is 0.389. The van der Waals surface area contributed by atoms with E-state index in [2.05, 4.69) is 61.3 Å². The van der Waals surface area contributed by atoms with Gasteiger partial charge < -0.3 is 4.90 Å². The molecule has 1 aromatic carbocycles. The van der Waals surface area contributed by atoms with E-state index in [4.69, 9.17) is 0 Å². The molecule has 0 radical (unpaired) electrons. The van der Waals surface area contributed by atoms with Crippen molar-refractivity contribution in [2.24, 2.45) is 7.05 Å². The molecule has 0 unspecified atom stereocenters. The number of hydrogen-bond acceptors (Lipinski definition) is 3. The standard InChI is InChI=1S/C18H23N3S/c1-13-11-14(21(4)19-13)12-16-15-7-5-6-8-17(15)22-18(16)9-10-20(2)3/h5-8,11H,9-10,12H2,1-4H3. The molecule has 0 aliphatic carbocycles. The molecule has 3 rings (SSSR count). The highest BCUT2D eigenvalue weighted by atomic mass is 32.1. The van der Waals surface area contributed by atoms with E-state index < -0.39 is 0 Å². The number of hydrogen-bond donors (Lipinski definition) is 0. The fourth-order valence-corrected chi connectivity index (χ4v) is 4.09. The highest BCUT2D eigenvalue weighted by Crippen LogP contribution is 2.33. The van der Waals surface area contributed by atoms with Gasteiger partial charge >= 0.3 is 0 Å². The van der Waals surface area contributed by atoms with Gasteiger partial charge in [0.1, 0.15) is 0 Å². The van der Waals surface area contributed by atoms with Crippen LogP contribution in [0.15, 0.2) is 30.3 Å². The smallest absolute Gasteiger partial charge is 0.0596 e. The van der Waals surface area contributed by atoms with Gasteiger partial charge in [0.15, 0.2) is 0 Å². The summed E-state index contributed by atoms with van der Waals surface area (Å²) >= 11 is 1.94. The Hall–Kier alpha value is -1.65. The van der Waals surface area contributed by atoms with Gasteiger partial charge in [-0.05, 0) is 50.5 Å². The van der Waals surface area contributed by atoms with Crippen molar-refractivity contribution in [3.05, 3.63) is 52.2 Å². The van der Waals surface area contributed by atoms with Crippen LogP contribution in [0.1, 0.15) is 21.8 Å². The van der Waals surface area contributed by atoms with Crippen LogP contribution in [0.3, 0.4) is 0 Å². The average molecular weight is 313 g/mol. The second kappa shape index (κ2) is 6.23. The highest BCUT2D eigenvalue weighted by Gasteiger charge is 2.14. The summed E-state index contributed by atoms with van der Waals surface area (Å²) in [5.74, 6) is 0. The van der Waals surface area contributed by atoms with E-state index in [1.165, 1.54) is 26.2 Å². The number of nitrogens with zero attached hydrogens (tertiary/aromatic N) is 3. The van der Waals surface area contributed by atoms with Crippen LogP contribution in [0.2, 0.25) is 0 Å². The molecule has 0 spiro atoms. The quantitative estimate of drug-likeness (QED) is 0.717. The Kier molecular flexibility index (Phi) is 4.32. The zero-order valence-corrected chi connectivity index (χ0v) is 14.6. The molecule has 0 N–H and O–H groups in total. The van der Waals surface area contributed by atoms with E-state index in [0.29, 0.717) is 0 Å². The zero-order valence-electron chi connectivity index (χ0n) is 13.8. The van der Waals surface area contributed by atoms with Crippen LogP contribution < -0.4 is 0 Å². The van der Waals surface area contributed by atoms with E-state index in [0.717, 1.165) is 25.1 Å². The lowest BCUT2D eigenvalue weighted by Gasteiger charge is -2.10. The Morgan fingerprint density at radius 2 is 2.00 bits per heavy atom. The first kappa shape index (κ1) is 15.3. The molecule has 0 amide bonds. The summed E-state index contributed by atoms with van der Waals surface area (Å²) in [6, 6.07) is 11.0. The third kappa shape index (κ3) is 3.08. The fourth-order valence-electron chi connectivity index (χ4n) is 2.88. The summed E-state index contributed by atoms with van der Waals surface area (Å²) in [4.78, 5) is 3.76. The number of aryl methyl sites for hydroxylation is 2. The third-order valence-electron chi connectivity index (χ3n) is 4.02. The first-order chi connectivity index (χ1) is 10.5. The molecular formula is C18H23N3S. The number of benzene rings is 1. The van der Waals surface area contributed by atoms with Crippen LogP contribution in [0.4, 0.5) is 0 Å². The molecule has 0 bridgehead atoms. The highest BCUT2D eigenvalue weighted by molar-refractivity contribution is 7.19. The molecule has 3 aromatic rings. The molecule has 0 aliphatic heterocycles. The minimum atomic E-state index is 0.962. The van der Waals surface area contributed by atoms with Gasteiger partial charge in [0.05, 0.1) is 5.69 Å². The Morgan fingerprint density at radius 3 is 2.68 bits per heavy atom. The molecule has 3 nitrogen and oxygen atoms in total. The van der Waals surface area contributed by atoms with Crippen molar-refractivity contribution in [1.82, 2.24) is 14.7 Å². The van der Waals surface area contributed by atoms with Gasteiger partial charge in [-0.1, -0.05) is 18.2 Å². The first-order valence-electron chi connectivity index (χ1n) is 7.68. The summed E-state index contributed by atoms with van der Waals surface area (Å²) < 4.78 is 3.41. The molecule has 116 valence electrons. The first-order valence-corrected chi connectivity index (χ1v) is 8.50. The molecule has 0 fully saturated rings. The number of fused-ring (bicyclic) bond motifs is 1. The predicted octanol–water partition coefficient (Wildman–Crippen LogP) is 3.64. The Balaban J connectivity index is 2.01. The molecule has 0 saturated heterocycles. The molecule has 0 aliphatic rings. The van der Waals surface area contributed by atoms with Crippen molar-refractivity contribution in [1.29, 1.82) is 0 Å². The third-order valence-corrected chi connectivity index (χ3v) is 5.30. The predicted molar refractivity (Wildman–Crippen MR) is 94.8 cm³/mol. The second-order valence-corrected chi connectivity index (χ2v) is 7.27. The summed E-state index contributed by atoms with van der Waals surface area (Å²) in [6.45, 7) is 3.15. The molecule has 4 heteroatoms. The summed E-state index contributed by atoms with van der Waals surface area (Å²) in [5.41, 5.74) is 3.85. The molecule has 0 saturated carbocycles. The van der Waals surface area contributed by atoms with Gasteiger partial charge in [-0.3, -0.25) is 4.68 Å². The minimum Gasteiger partial charge on any atom is -0.309 e. The summed E-state index contributed by atoms with van der Waals surface area (Å²) in [7, 11) is 6.31. The van der Waals surface area contributed by atoms with Crippen LogP contribution in [0, 0.1) is 6.92 Å². The van der Waals surface area contributed by atoms with Crippen LogP contribution in [-0.2, 0) is 19.9 Å². The molecular weight excluding hydrogens is 290 g/mol. The van der Waals surface area contributed by atoms with Crippen molar-refractivity contribution in [2.75, 3.05) is 20.6 Å². The van der Waals surface area contributed by atoms with E-state index in [9.17, 15) is 0 Å².